The molecule has 0 radical (unpaired) electrons. The van der Waals surface area contributed by atoms with E-state index in [4.69, 9.17) is 0 Å². The number of rotatable bonds is 5. The molecule has 0 saturated heterocycles. The fraction of sp³-hybridized carbons (Fsp3) is 0.647. The van der Waals surface area contributed by atoms with Crippen molar-refractivity contribution in [3.05, 3.63) is 22.5 Å². The first kappa shape index (κ1) is 16.7. The highest BCUT2D eigenvalue weighted by Crippen LogP contribution is 2.27. The van der Waals surface area contributed by atoms with Gasteiger partial charge in [0.2, 0.25) is 0 Å². The lowest BCUT2D eigenvalue weighted by Gasteiger charge is -2.23. The van der Waals surface area contributed by atoms with Gasteiger partial charge in [-0.15, -0.1) is 0 Å². The SMILES string of the molecule is CCc1c(C(=O)N(C)CC2CCCC2O)[nH]c(C)c1C(C)=O. The highest BCUT2D eigenvalue weighted by molar-refractivity contribution is 6.02. The van der Waals surface area contributed by atoms with Crippen LogP contribution in [0.5, 0.6) is 0 Å². The number of H-pyrrole nitrogens is 1. The molecule has 5 heteroatoms. The van der Waals surface area contributed by atoms with E-state index in [0.29, 0.717) is 24.2 Å². The van der Waals surface area contributed by atoms with Crippen LogP contribution in [0, 0.1) is 12.8 Å². The summed E-state index contributed by atoms with van der Waals surface area (Å²) in [6.07, 6.45) is 3.13. The van der Waals surface area contributed by atoms with Crippen LogP contribution in [0.2, 0.25) is 0 Å². The predicted molar refractivity (Wildman–Crippen MR) is 85.2 cm³/mol. The van der Waals surface area contributed by atoms with Crippen molar-refractivity contribution >= 4 is 11.7 Å². The van der Waals surface area contributed by atoms with Crippen LogP contribution in [0.25, 0.3) is 0 Å². The molecule has 2 atom stereocenters. The van der Waals surface area contributed by atoms with Crippen LogP contribution < -0.4 is 0 Å². The molecule has 1 aliphatic rings. The lowest BCUT2D eigenvalue weighted by Crippen LogP contribution is -2.35. The van der Waals surface area contributed by atoms with Crippen molar-refractivity contribution in [1.82, 2.24) is 9.88 Å². The van der Waals surface area contributed by atoms with Crippen LogP contribution in [0.15, 0.2) is 0 Å². The van der Waals surface area contributed by atoms with Crippen molar-refractivity contribution in [3.8, 4) is 0 Å². The molecule has 1 aromatic rings. The van der Waals surface area contributed by atoms with Gasteiger partial charge in [-0.3, -0.25) is 9.59 Å². The van der Waals surface area contributed by atoms with Crippen molar-refractivity contribution in [2.24, 2.45) is 5.92 Å². The summed E-state index contributed by atoms with van der Waals surface area (Å²) in [5, 5.41) is 9.92. The number of aromatic nitrogens is 1. The van der Waals surface area contributed by atoms with E-state index in [9.17, 15) is 14.7 Å². The van der Waals surface area contributed by atoms with E-state index < -0.39 is 0 Å². The molecule has 122 valence electrons. The molecule has 1 aromatic heterocycles. The average Bonchev–Trinajstić information content (AvgIpc) is 3.01. The molecule has 2 unspecified atom stereocenters. The van der Waals surface area contributed by atoms with Gasteiger partial charge in [-0.25, -0.2) is 0 Å². The van der Waals surface area contributed by atoms with Gasteiger partial charge in [-0.05, 0) is 38.7 Å². The number of carbonyl (C=O) groups excluding carboxylic acids is 2. The van der Waals surface area contributed by atoms with E-state index in [0.717, 1.165) is 30.5 Å². The monoisotopic (exact) mass is 306 g/mol. The van der Waals surface area contributed by atoms with Gasteiger partial charge >= 0.3 is 0 Å². The maximum atomic E-state index is 12.7. The molecular weight excluding hydrogens is 280 g/mol. The van der Waals surface area contributed by atoms with Gasteiger partial charge in [0.15, 0.2) is 5.78 Å². The third-order valence-corrected chi connectivity index (χ3v) is 4.68. The molecule has 2 rings (SSSR count). The molecule has 1 fully saturated rings. The van der Waals surface area contributed by atoms with E-state index in [1.807, 2.05) is 13.8 Å². The van der Waals surface area contributed by atoms with E-state index in [1.165, 1.54) is 6.92 Å². The van der Waals surface area contributed by atoms with Crippen LogP contribution in [0.4, 0.5) is 0 Å². The Labute approximate surface area is 131 Å². The summed E-state index contributed by atoms with van der Waals surface area (Å²) in [6.45, 7) is 5.86. The number of nitrogens with one attached hydrogen (secondary N) is 1. The minimum absolute atomic E-state index is 0.0153. The first-order valence-corrected chi connectivity index (χ1v) is 8.02. The second kappa shape index (κ2) is 6.65. The summed E-state index contributed by atoms with van der Waals surface area (Å²) in [5.74, 6) is 0.0347. The van der Waals surface area contributed by atoms with Crippen LogP contribution in [0.1, 0.15) is 65.2 Å². The molecule has 1 heterocycles. The summed E-state index contributed by atoms with van der Waals surface area (Å²) in [7, 11) is 1.76. The molecule has 0 aromatic carbocycles. The van der Waals surface area contributed by atoms with Crippen molar-refractivity contribution in [3.63, 3.8) is 0 Å². The summed E-state index contributed by atoms with van der Waals surface area (Å²) in [5.41, 5.74) is 2.70. The highest BCUT2D eigenvalue weighted by Gasteiger charge is 2.29. The molecule has 1 amide bonds. The quantitative estimate of drug-likeness (QED) is 0.820. The molecule has 2 N–H and O–H groups in total. The Hall–Kier alpha value is -1.62. The van der Waals surface area contributed by atoms with Crippen molar-refractivity contribution < 1.29 is 14.7 Å². The minimum Gasteiger partial charge on any atom is -0.393 e. The van der Waals surface area contributed by atoms with Gasteiger partial charge in [-0.2, -0.15) is 0 Å². The standard InChI is InChI=1S/C17H26N2O3/c1-5-13-15(11(3)20)10(2)18-16(13)17(22)19(4)9-12-7-6-8-14(12)21/h12,14,18,21H,5-9H2,1-4H3. The topological polar surface area (TPSA) is 73.4 Å². The fourth-order valence-electron chi connectivity index (χ4n) is 3.55. The van der Waals surface area contributed by atoms with Crippen molar-refractivity contribution in [1.29, 1.82) is 0 Å². The maximum absolute atomic E-state index is 12.7. The fourth-order valence-corrected chi connectivity index (χ4v) is 3.55. The first-order valence-electron chi connectivity index (χ1n) is 8.02. The minimum atomic E-state index is -0.306. The van der Waals surface area contributed by atoms with Gasteiger partial charge in [0.05, 0.1) is 6.10 Å². The number of aryl methyl sites for hydroxylation is 1. The zero-order valence-corrected chi connectivity index (χ0v) is 13.9. The van der Waals surface area contributed by atoms with Crippen molar-refractivity contribution in [2.75, 3.05) is 13.6 Å². The average molecular weight is 306 g/mol. The summed E-state index contributed by atoms with van der Waals surface area (Å²) in [6, 6.07) is 0. The Morgan fingerprint density at radius 2 is 2.05 bits per heavy atom. The van der Waals surface area contributed by atoms with E-state index in [1.54, 1.807) is 11.9 Å². The van der Waals surface area contributed by atoms with Gasteiger partial charge in [0.25, 0.3) is 5.91 Å². The van der Waals surface area contributed by atoms with E-state index in [2.05, 4.69) is 4.98 Å². The molecular formula is C17H26N2O3. The summed E-state index contributed by atoms with van der Waals surface area (Å²) >= 11 is 0. The zero-order chi connectivity index (χ0) is 16.4. The van der Waals surface area contributed by atoms with Gasteiger partial charge in [-0.1, -0.05) is 13.3 Å². The van der Waals surface area contributed by atoms with Gasteiger partial charge < -0.3 is 15.0 Å². The molecule has 22 heavy (non-hydrogen) atoms. The Morgan fingerprint density at radius 3 is 2.55 bits per heavy atom. The maximum Gasteiger partial charge on any atom is 0.270 e. The first-order chi connectivity index (χ1) is 10.4. The number of carbonyl (C=O) groups is 2. The summed E-state index contributed by atoms with van der Waals surface area (Å²) < 4.78 is 0. The van der Waals surface area contributed by atoms with Crippen LogP contribution >= 0.6 is 0 Å². The number of aliphatic hydroxyl groups excluding tert-OH is 1. The molecule has 1 saturated carbocycles. The molecule has 0 aliphatic heterocycles. The lowest BCUT2D eigenvalue weighted by molar-refractivity contribution is 0.0688. The molecule has 0 spiro atoms. The number of ketones is 1. The number of hydrogen-bond donors (Lipinski definition) is 2. The molecule has 0 bridgehead atoms. The Kier molecular flexibility index (Phi) is 5.06. The highest BCUT2D eigenvalue weighted by atomic mass is 16.3. The number of aliphatic hydroxyl groups is 1. The van der Waals surface area contributed by atoms with E-state index in [-0.39, 0.29) is 23.7 Å². The largest absolute Gasteiger partial charge is 0.393 e. The number of aromatic amines is 1. The lowest BCUT2D eigenvalue weighted by atomic mass is 10.0. The molecule has 1 aliphatic carbocycles. The Balaban J connectivity index is 2.21. The van der Waals surface area contributed by atoms with Gasteiger partial charge in [0.1, 0.15) is 5.69 Å². The second-order valence-corrected chi connectivity index (χ2v) is 6.33. The predicted octanol–water partition coefficient (Wildman–Crippen LogP) is 2.32. The summed E-state index contributed by atoms with van der Waals surface area (Å²) in [4.78, 5) is 29.3. The zero-order valence-electron chi connectivity index (χ0n) is 13.9. The second-order valence-electron chi connectivity index (χ2n) is 6.33. The van der Waals surface area contributed by atoms with Gasteiger partial charge in [0, 0.05) is 30.8 Å². The number of amides is 1. The number of Topliss-reactive ketones (excluding diaryl/α,β-unsaturated/α-hetero) is 1. The number of hydrogen-bond acceptors (Lipinski definition) is 3. The Bertz CT molecular complexity index is 577. The molecule has 5 nitrogen and oxygen atoms in total. The van der Waals surface area contributed by atoms with Crippen LogP contribution in [0.3, 0.4) is 0 Å². The van der Waals surface area contributed by atoms with Crippen LogP contribution in [-0.2, 0) is 6.42 Å². The Morgan fingerprint density at radius 1 is 1.36 bits per heavy atom. The normalized spacial score (nSPS) is 21.1. The smallest absolute Gasteiger partial charge is 0.270 e. The number of nitrogens with zero attached hydrogens (tertiary/aromatic N) is 1. The van der Waals surface area contributed by atoms with E-state index >= 15 is 0 Å². The third kappa shape index (κ3) is 3.09. The van der Waals surface area contributed by atoms with Crippen molar-refractivity contribution in [2.45, 2.75) is 52.6 Å². The third-order valence-electron chi connectivity index (χ3n) is 4.68. The van der Waals surface area contributed by atoms with Crippen LogP contribution in [-0.4, -0.2) is 46.4 Å².